The molecule has 1 aromatic carbocycles. The lowest BCUT2D eigenvalue weighted by Gasteiger charge is -2.45. The molecule has 3 nitrogen and oxygen atoms in total. The van der Waals surface area contributed by atoms with Crippen molar-refractivity contribution in [3.05, 3.63) is 34.9 Å². The van der Waals surface area contributed by atoms with Gasteiger partial charge in [0.1, 0.15) is 0 Å². The Balaban J connectivity index is 2.19. The predicted octanol–water partition coefficient (Wildman–Crippen LogP) is 3.70. The molecule has 0 amide bonds. The average Bonchev–Trinajstić information content (AvgIpc) is 2.45. The summed E-state index contributed by atoms with van der Waals surface area (Å²) in [6.07, 6.45) is 5.46. The molecule has 0 bridgehead atoms. The summed E-state index contributed by atoms with van der Waals surface area (Å²) in [5.41, 5.74) is 4.05. The van der Waals surface area contributed by atoms with E-state index in [4.69, 9.17) is 22.2 Å². The third kappa shape index (κ3) is 4.19. The SMILES string of the molecule is CCOC1(C(Cc2cccc(Cl)c2)NN)CCCC(C)C1. The van der Waals surface area contributed by atoms with Gasteiger partial charge >= 0.3 is 0 Å². The van der Waals surface area contributed by atoms with E-state index in [1.54, 1.807) is 0 Å². The average molecular weight is 311 g/mol. The normalized spacial score (nSPS) is 27.5. The van der Waals surface area contributed by atoms with Gasteiger partial charge in [0.2, 0.25) is 0 Å². The van der Waals surface area contributed by atoms with Crippen molar-refractivity contribution in [2.45, 2.75) is 57.6 Å². The number of hydrazine groups is 1. The minimum atomic E-state index is -0.163. The third-order valence-corrected chi connectivity index (χ3v) is 4.82. The molecule has 3 atom stereocenters. The lowest BCUT2D eigenvalue weighted by molar-refractivity contribution is -0.100. The molecular formula is C17H27ClN2O. The highest BCUT2D eigenvalue weighted by Gasteiger charge is 2.42. The van der Waals surface area contributed by atoms with Crippen molar-refractivity contribution < 1.29 is 4.74 Å². The van der Waals surface area contributed by atoms with Crippen LogP contribution in [-0.2, 0) is 11.2 Å². The molecular weight excluding hydrogens is 284 g/mol. The van der Waals surface area contributed by atoms with Gasteiger partial charge in [0.05, 0.1) is 11.6 Å². The van der Waals surface area contributed by atoms with Gasteiger partial charge in [0.15, 0.2) is 0 Å². The highest BCUT2D eigenvalue weighted by molar-refractivity contribution is 6.30. The molecule has 0 saturated heterocycles. The number of nitrogens with one attached hydrogen (secondary N) is 1. The van der Waals surface area contributed by atoms with E-state index >= 15 is 0 Å². The molecule has 2 rings (SSSR count). The molecule has 1 aliphatic rings. The second kappa shape index (κ2) is 7.59. The van der Waals surface area contributed by atoms with Gasteiger partial charge < -0.3 is 4.74 Å². The Hall–Kier alpha value is -0.610. The van der Waals surface area contributed by atoms with E-state index < -0.39 is 0 Å². The van der Waals surface area contributed by atoms with Gasteiger partial charge in [0.25, 0.3) is 0 Å². The Labute approximate surface area is 133 Å². The molecule has 4 heteroatoms. The molecule has 1 aromatic rings. The molecule has 0 spiro atoms. The Bertz CT molecular complexity index is 450. The molecule has 0 aliphatic heterocycles. The van der Waals surface area contributed by atoms with Crippen molar-refractivity contribution >= 4 is 11.6 Å². The monoisotopic (exact) mass is 310 g/mol. The summed E-state index contributed by atoms with van der Waals surface area (Å²) >= 11 is 6.09. The second-order valence-electron chi connectivity index (χ2n) is 6.25. The van der Waals surface area contributed by atoms with Crippen molar-refractivity contribution in [3.63, 3.8) is 0 Å². The van der Waals surface area contributed by atoms with E-state index in [1.165, 1.54) is 18.4 Å². The standard InChI is InChI=1S/C17H27ClN2O/c1-3-21-17(9-5-6-13(2)12-17)16(20-19)11-14-7-4-8-15(18)10-14/h4,7-8,10,13,16,20H,3,5-6,9,11-12,19H2,1-2H3. The van der Waals surface area contributed by atoms with Gasteiger partial charge in [-0.2, -0.15) is 0 Å². The smallest absolute Gasteiger partial charge is 0.0853 e. The number of hydrogen-bond donors (Lipinski definition) is 2. The zero-order valence-corrected chi connectivity index (χ0v) is 13.8. The number of benzene rings is 1. The van der Waals surface area contributed by atoms with Crippen LogP contribution >= 0.6 is 11.6 Å². The van der Waals surface area contributed by atoms with Crippen LogP contribution in [0.4, 0.5) is 0 Å². The highest BCUT2D eigenvalue weighted by atomic mass is 35.5. The predicted molar refractivity (Wildman–Crippen MR) is 88.3 cm³/mol. The summed E-state index contributed by atoms with van der Waals surface area (Å²) in [6, 6.07) is 8.11. The summed E-state index contributed by atoms with van der Waals surface area (Å²) < 4.78 is 6.22. The zero-order chi connectivity index (χ0) is 15.3. The Morgan fingerprint density at radius 1 is 1.52 bits per heavy atom. The molecule has 3 unspecified atom stereocenters. The topological polar surface area (TPSA) is 47.3 Å². The van der Waals surface area contributed by atoms with Gasteiger partial charge in [0, 0.05) is 11.6 Å². The van der Waals surface area contributed by atoms with Crippen molar-refractivity contribution in [2.75, 3.05) is 6.61 Å². The molecule has 0 heterocycles. The first-order valence-electron chi connectivity index (χ1n) is 7.94. The number of hydrogen-bond acceptors (Lipinski definition) is 3. The number of halogens is 1. The van der Waals surface area contributed by atoms with Crippen LogP contribution in [0.2, 0.25) is 5.02 Å². The molecule has 1 saturated carbocycles. The van der Waals surface area contributed by atoms with Crippen molar-refractivity contribution in [3.8, 4) is 0 Å². The van der Waals surface area contributed by atoms with Gasteiger partial charge in [-0.1, -0.05) is 43.5 Å². The van der Waals surface area contributed by atoms with Crippen LogP contribution in [0, 0.1) is 5.92 Å². The fourth-order valence-electron chi connectivity index (χ4n) is 3.68. The molecule has 1 aliphatic carbocycles. The Morgan fingerprint density at radius 3 is 2.95 bits per heavy atom. The summed E-state index contributed by atoms with van der Waals surface area (Å²) in [7, 11) is 0. The number of rotatable bonds is 6. The van der Waals surface area contributed by atoms with Gasteiger partial charge in [-0.25, -0.2) is 0 Å². The van der Waals surface area contributed by atoms with E-state index in [-0.39, 0.29) is 11.6 Å². The van der Waals surface area contributed by atoms with Crippen LogP contribution in [0.25, 0.3) is 0 Å². The minimum Gasteiger partial charge on any atom is -0.374 e. The van der Waals surface area contributed by atoms with Gasteiger partial charge in [-0.3, -0.25) is 11.3 Å². The summed E-state index contributed by atoms with van der Waals surface area (Å²) in [5, 5.41) is 0.769. The Morgan fingerprint density at radius 2 is 2.33 bits per heavy atom. The van der Waals surface area contributed by atoms with Crippen molar-refractivity contribution in [2.24, 2.45) is 11.8 Å². The maximum Gasteiger partial charge on any atom is 0.0853 e. The maximum absolute atomic E-state index is 6.22. The molecule has 1 fully saturated rings. The molecule has 0 radical (unpaired) electrons. The molecule has 3 N–H and O–H groups in total. The molecule has 21 heavy (non-hydrogen) atoms. The van der Waals surface area contributed by atoms with Crippen LogP contribution < -0.4 is 11.3 Å². The van der Waals surface area contributed by atoms with Crippen LogP contribution in [0.5, 0.6) is 0 Å². The van der Waals surface area contributed by atoms with E-state index in [2.05, 4.69) is 25.3 Å². The first-order chi connectivity index (χ1) is 10.1. The van der Waals surface area contributed by atoms with E-state index in [9.17, 15) is 0 Å². The van der Waals surface area contributed by atoms with Crippen LogP contribution in [0.15, 0.2) is 24.3 Å². The first-order valence-corrected chi connectivity index (χ1v) is 8.32. The molecule has 118 valence electrons. The minimum absolute atomic E-state index is 0.110. The fourth-order valence-corrected chi connectivity index (χ4v) is 3.89. The van der Waals surface area contributed by atoms with Crippen LogP contribution in [0.3, 0.4) is 0 Å². The van der Waals surface area contributed by atoms with Gasteiger partial charge in [-0.15, -0.1) is 0 Å². The Kier molecular flexibility index (Phi) is 6.06. The quantitative estimate of drug-likeness (QED) is 0.622. The lowest BCUT2D eigenvalue weighted by atomic mass is 9.73. The van der Waals surface area contributed by atoms with Crippen LogP contribution in [-0.4, -0.2) is 18.2 Å². The maximum atomic E-state index is 6.22. The zero-order valence-electron chi connectivity index (χ0n) is 13.1. The van der Waals surface area contributed by atoms with Crippen molar-refractivity contribution in [1.29, 1.82) is 0 Å². The second-order valence-corrected chi connectivity index (χ2v) is 6.69. The van der Waals surface area contributed by atoms with E-state index in [0.717, 1.165) is 30.9 Å². The highest BCUT2D eigenvalue weighted by Crippen LogP contribution is 2.38. The fraction of sp³-hybridized carbons (Fsp3) is 0.647. The number of ether oxygens (including phenoxy) is 1. The number of nitrogens with two attached hydrogens (primary N) is 1. The first kappa shape index (κ1) is 16.8. The third-order valence-electron chi connectivity index (χ3n) is 4.59. The van der Waals surface area contributed by atoms with E-state index in [0.29, 0.717) is 5.92 Å². The van der Waals surface area contributed by atoms with Crippen LogP contribution in [0.1, 0.15) is 45.1 Å². The summed E-state index contributed by atoms with van der Waals surface area (Å²) in [6.45, 7) is 5.09. The van der Waals surface area contributed by atoms with Gasteiger partial charge in [-0.05, 0) is 49.8 Å². The summed E-state index contributed by atoms with van der Waals surface area (Å²) in [5.74, 6) is 6.57. The summed E-state index contributed by atoms with van der Waals surface area (Å²) in [4.78, 5) is 0. The van der Waals surface area contributed by atoms with Crippen molar-refractivity contribution in [1.82, 2.24) is 5.43 Å². The van der Waals surface area contributed by atoms with E-state index in [1.807, 2.05) is 18.2 Å². The largest absolute Gasteiger partial charge is 0.374 e. The lowest BCUT2D eigenvalue weighted by Crippen LogP contribution is -2.57. The molecule has 0 aromatic heterocycles.